The van der Waals surface area contributed by atoms with Gasteiger partial charge in [-0.15, -0.1) is 0 Å². The fraction of sp³-hybridized carbons (Fsp3) is 0.833. The Bertz CT molecular complexity index is 116. The van der Waals surface area contributed by atoms with Crippen molar-refractivity contribution >= 4 is 5.97 Å². The van der Waals surface area contributed by atoms with E-state index in [0.717, 1.165) is 12.8 Å². The smallest absolute Gasteiger partial charge is 1.00 e. The van der Waals surface area contributed by atoms with E-state index >= 15 is 0 Å². The standard InChI is InChI=1S/C6H14N2O2.K.H/c7-4-2-1-3-5(8)6(9)10;;/h5H,1-4,7-8H2,(H,9,10);;/q;+1;-1. The molecule has 1 atom stereocenters. The van der Waals surface area contributed by atoms with Crippen LogP contribution in [0.25, 0.3) is 0 Å². The van der Waals surface area contributed by atoms with Crippen molar-refractivity contribution in [1.82, 2.24) is 0 Å². The van der Waals surface area contributed by atoms with Gasteiger partial charge in [-0.3, -0.25) is 4.79 Å². The zero-order valence-electron chi connectivity index (χ0n) is 7.92. The van der Waals surface area contributed by atoms with Crippen LogP contribution in [0.1, 0.15) is 20.7 Å². The van der Waals surface area contributed by atoms with E-state index < -0.39 is 12.0 Å². The number of rotatable bonds is 5. The van der Waals surface area contributed by atoms with Gasteiger partial charge in [-0.1, -0.05) is 6.42 Å². The summed E-state index contributed by atoms with van der Waals surface area (Å²) in [5.41, 5.74) is 10.4. The van der Waals surface area contributed by atoms with E-state index in [1.807, 2.05) is 0 Å². The maximum absolute atomic E-state index is 10.1. The summed E-state index contributed by atoms with van der Waals surface area (Å²) < 4.78 is 0. The van der Waals surface area contributed by atoms with Crippen LogP contribution in [-0.4, -0.2) is 23.7 Å². The van der Waals surface area contributed by atoms with E-state index in [2.05, 4.69) is 0 Å². The molecule has 5 heteroatoms. The van der Waals surface area contributed by atoms with Gasteiger partial charge in [0.1, 0.15) is 6.04 Å². The van der Waals surface area contributed by atoms with Crippen molar-refractivity contribution in [3.05, 3.63) is 0 Å². The van der Waals surface area contributed by atoms with Crippen molar-refractivity contribution < 1.29 is 62.7 Å². The van der Waals surface area contributed by atoms with Gasteiger partial charge >= 0.3 is 57.4 Å². The zero-order chi connectivity index (χ0) is 7.98. The van der Waals surface area contributed by atoms with Gasteiger partial charge in [-0.25, -0.2) is 0 Å². The number of aliphatic carboxylic acids is 1. The zero-order valence-corrected chi connectivity index (χ0v) is 10.0. The van der Waals surface area contributed by atoms with Crippen LogP contribution in [0.5, 0.6) is 0 Å². The summed E-state index contributed by atoms with van der Waals surface area (Å²) in [6.45, 7) is 0.604. The molecule has 0 heterocycles. The Hall–Kier alpha value is 1.03. The summed E-state index contributed by atoms with van der Waals surface area (Å²) in [5.74, 6) is -0.933. The van der Waals surface area contributed by atoms with E-state index in [0.29, 0.717) is 13.0 Å². The van der Waals surface area contributed by atoms with Crippen LogP contribution in [0.4, 0.5) is 0 Å². The Kier molecular flexibility index (Phi) is 12.1. The first-order valence-electron chi connectivity index (χ1n) is 3.37. The Morgan fingerprint density at radius 2 is 2.09 bits per heavy atom. The molecule has 0 aliphatic rings. The molecule has 11 heavy (non-hydrogen) atoms. The number of nitrogens with two attached hydrogens (primary N) is 2. The van der Waals surface area contributed by atoms with Crippen molar-refractivity contribution in [3.63, 3.8) is 0 Å². The van der Waals surface area contributed by atoms with Crippen LogP contribution < -0.4 is 62.9 Å². The predicted octanol–water partition coefficient (Wildman–Crippen LogP) is -3.36. The molecule has 0 aliphatic carbocycles. The molecule has 0 amide bonds. The number of hydrogen-bond acceptors (Lipinski definition) is 3. The molecule has 5 N–H and O–H groups in total. The summed E-state index contributed by atoms with van der Waals surface area (Å²) in [5, 5.41) is 8.33. The minimum atomic E-state index is -0.933. The van der Waals surface area contributed by atoms with Crippen molar-refractivity contribution in [2.24, 2.45) is 11.5 Å². The van der Waals surface area contributed by atoms with Gasteiger partial charge in [0.25, 0.3) is 0 Å². The second-order valence-electron chi connectivity index (χ2n) is 2.23. The fourth-order valence-electron chi connectivity index (χ4n) is 0.632. The van der Waals surface area contributed by atoms with Crippen LogP contribution >= 0.6 is 0 Å². The molecule has 0 aliphatic heterocycles. The van der Waals surface area contributed by atoms with Crippen LogP contribution in [0.15, 0.2) is 0 Å². The molecule has 0 spiro atoms. The van der Waals surface area contributed by atoms with Gasteiger partial charge in [-0.05, 0) is 19.4 Å². The van der Waals surface area contributed by atoms with Gasteiger partial charge in [-0.2, -0.15) is 0 Å². The van der Waals surface area contributed by atoms with E-state index in [4.69, 9.17) is 16.6 Å². The van der Waals surface area contributed by atoms with Crippen LogP contribution in [-0.2, 0) is 4.79 Å². The molecule has 0 saturated carbocycles. The number of unbranched alkanes of at least 4 members (excludes halogenated alkanes) is 1. The van der Waals surface area contributed by atoms with Gasteiger partial charge < -0.3 is 18.0 Å². The third-order valence-corrected chi connectivity index (χ3v) is 1.29. The first kappa shape index (κ1) is 14.5. The van der Waals surface area contributed by atoms with Crippen LogP contribution in [0, 0.1) is 0 Å². The molecular weight excluding hydrogens is 171 g/mol. The average molecular weight is 186 g/mol. The number of carbonyl (C=O) groups is 1. The summed E-state index contributed by atoms with van der Waals surface area (Å²) in [6, 6.07) is -0.716. The van der Waals surface area contributed by atoms with E-state index in [9.17, 15) is 4.79 Å². The fourth-order valence-corrected chi connectivity index (χ4v) is 0.632. The molecule has 0 bridgehead atoms. The molecule has 0 radical (unpaired) electrons. The van der Waals surface area contributed by atoms with E-state index in [1.165, 1.54) is 0 Å². The molecule has 0 aromatic carbocycles. The Labute approximate surface area is 111 Å². The summed E-state index contributed by atoms with van der Waals surface area (Å²) in [4.78, 5) is 10.1. The van der Waals surface area contributed by atoms with Crippen LogP contribution in [0.2, 0.25) is 0 Å². The summed E-state index contributed by atoms with van der Waals surface area (Å²) in [6.07, 6.45) is 2.16. The molecular formula is C6H15KN2O2. The number of carboxylic acid groups (broad SMARTS) is 1. The quantitative estimate of drug-likeness (QED) is 0.309. The SMILES string of the molecule is NCCCCC(N)C(=O)O.[H-].[K+]. The number of hydrogen-bond donors (Lipinski definition) is 3. The molecule has 0 aromatic heterocycles. The number of carboxylic acids is 1. The van der Waals surface area contributed by atoms with Crippen molar-refractivity contribution in [2.75, 3.05) is 6.54 Å². The topological polar surface area (TPSA) is 89.3 Å². The van der Waals surface area contributed by atoms with E-state index in [-0.39, 0.29) is 52.8 Å². The Balaban J connectivity index is -0.000000405. The molecule has 0 saturated heterocycles. The molecule has 62 valence electrons. The third-order valence-electron chi connectivity index (χ3n) is 1.29. The van der Waals surface area contributed by atoms with Gasteiger partial charge in [0.15, 0.2) is 0 Å². The second-order valence-corrected chi connectivity index (χ2v) is 2.23. The predicted molar refractivity (Wildman–Crippen MR) is 39.6 cm³/mol. The van der Waals surface area contributed by atoms with Crippen molar-refractivity contribution in [3.8, 4) is 0 Å². The molecule has 0 aromatic rings. The van der Waals surface area contributed by atoms with Gasteiger partial charge in [0.05, 0.1) is 0 Å². The third kappa shape index (κ3) is 8.94. The molecule has 0 fully saturated rings. The maximum Gasteiger partial charge on any atom is 1.00 e. The first-order chi connectivity index (χ1) is 4.68. The molecule has 1 unspecified atom stereocenters. The minimum absolute atomic E-state index is 0. The van der Waals surface area contributed by atoms with Crippen LogP contribution in [0.3, 0.4) is 0 Å². The molecule has 0 rings (SSSR count). The summed E-state index contributed by atoms with van der Waals surface area (Å²) >= 11 is 0. The minimum Gasteiger partial charge on any atom is -1.00 e. The van der Waals surface area contributed by atoms with Crippen molar-refractivity contribution in [1.29, 1.82) is 0 Å². The van der Waals surface area contributed by atoms with Crippen molar-refractivity contribution in [2.45, 2.75) is 25.3 Å². The second kappa shape index (κ2) is 9.12. The van der Waals surface area contributed by atoms with Gasteiger partial charge in [0, 0.05) is 0 Å². The Morgan fingerprint density at radius 3 is 2.45 bits per heavy atom. The monoisotopic (exact) mass is 186 g/mol. The largest absolute Gasteiger partial charge is 1.00 e. The van der Waals surface area contributed by atoms with Gasteiger partial charge in [0.2, 0.25) is 0 Å². The first-order valence-corrected chi connectivity index (χ1v) is 3.37. The summed E-state index contributed by atoms with van der Waals surface area (Å²) in [7, 11) is 0. The average Bonchev–Trinajstić information content (AvgIpc) is 1.88. The maximum atomic E-state index is 10.1. The molecule has 4 nitrogen and oxygen atoms in total. The van der Waals surface area contributed by atoms with E-state index in [1.54, 1.807) is 0 Å². The Morgan fingerprint density at radius 1 is 1.55 bits per heavy atom. The normalized spacial score (nSPS) is 11.8.